The standard InChI is InChI=1S/C17H11N/c1-2-6-13-12(5-1)11-16-14(13)8-9-17-15(16)7-3-4-10-18-17/h1-11H. The molecule has 4 aromatic rings. The van der Waals surface area contributed by atoms with Crippen molar-refractivity contribution in [1.82, 2.24) is 4.98 Å². The van der Waals surface area contributed by atoms with E-state index in [-0.39, 0.29) is 0 Å². The Morgan fingerprint density at radius 2 is 1.44 bits per heavy atom. The monoisotopic (exact) mass is 229 g/mol. The first-order valence-electron chi connectivity index (χ1n) is 6.09. The summed E-state index contributed by atoms with van der Waals surface area (Å²) in [6.07, 6.45) is 1.84. The van der Waals surface area contributed by atoms with Crippen LogP contribution < -0.4 is 0 Å². The van der Waals surface area contributed by atoms with Gasteiger partial charge in [0.05, 0.1) is 5.52 Å². The predicted molar refractivity (Wildman–Crippen MR) is 76.8 cm³/mol. The third-order valence-corrected chi connectivity index (χ3v) is 3.49. The lowest BCUT2D eigenvalue weighted by atomic mass is 10.1. The summed E-state index contributed by atoms with van der Waals surface area (Å²) in [4.78, 5) is 4.46. The molecule has 0 unspecified atom stereocenters. The van der Waals surface area contributed by atoms with Gasteiger partial charge in [0, 0.05) is 11.6 Å². The molecule has 4 rings (SSSR count). The van der Waals surface area contributed by atoms with Gasteiger partial charge in [-0.05, 0) is 39.7 Å². The Hall–Kier alpha value is -2.41. The highest BCUT2D eigenvalue weighted by Crippen LogP contribution is 2.32. The van der Waals surface area contributed by atoms with Crippen molar-refractivity contribution in [2.75, 3.05) is 0 Å². The van der Waals surface area contributed by atoms with Crippen LogP contribution in [0.3, 0.4) is 0 Å². The summed E-state index contributed by atoms with van der Waals surface area (Å²) in [5.74, 6) is 0. The molecule has 0 aliphatic heterocycles. The lowest BCUT2D eigenvalue weighted by Gasteiger charge is -1.95. The molecular formula is C17H11N. The summed E-state index contributed by atoms with van der Waals surface area (Å²) < 4.78 is 0. The number of hydrogen-bond donors (Lipinski definition) is 0. The zero-order valence-electron chi connectivity index (χ0n) is 9.80. The van der Waals surface area contributed by atoms with Crippen LogP contribution in [0.2, 0.25) is 0 Å². The number of rotatable bonds is 0. The molecule has 3 aromatic carbocycles. The number of aromatic nitrogens is 1. The third-order valence-electron chi connectivity index (χ3n) is 3.49. The van der Waals surface area contributed by atoms with Gasteiger partial charge in [-0.15, -0.1) is 0 Å². The fourth-order valence-electron chi connectivity index (χ4n) is 2.65. The second-order valence-corrected chi connectivity index (χ2v) is 4.52. The van der Waals surface area contributed by atoms with Gasteiger partial charge < -0.3 is 0 Å². The van der Waals surface area contributed by atoms with Crippen molar-refractivity contribution in [3.63, 3.8) is 0 Å². The van der Waals surface area contributed by atoms with Gasteiger partial charge in [0.15, 0.2) is 0 Å². The largest absolute Gasteiger partial charge is 0.256 e. The summed E-state index contributed by atoms with van der Waals surface area (Å²) in [6, 6.07) is 21.2. The van der Waals surface area contributed by atoms with Gasteiger partial charge in [0.2, 0.25) is 0 Å². The maximum atomic E-state index is 4.46. The minimum absolute atomic E-state index is 1.04. The Morgan fingerprint density at radius 3 is 2.44 bits per heavy atom. The molecule has 0 aliphatic carbocycles. The molecule has 0 saturated carbocycles. The average molecular weight is 229 g/mol. The third kappa shape index (κ3) is 1.25. The van der Waals surface area contributed by atoms with E-state index in [1.807, 2.05) is 18.3 Å². The molecule has 84 valence electrons. The molecule has 0 radical (unpaired) electrons. The summed E-state index contributed by atoms with van der Waals surface area (Å²) in [6.45, 7) is 0. The summed E-state index contributed by atoms with van der Waals surface area (Å²) in [7, 11) is 0. The van der Waals surface area contributed by atoms with Crippen LogP contribution in [0.1, 0.15) is 0 Å². The van der Waals surface area contributed by atoms with E-state index in [1.54, 1.807) is 0 Å². The minimum Gasteiger partial charge on any atom is -0.256 e. The van der Waals surface area contributed by atoms with Crippen LogP contribution in [0, 0.1) is 0 Å². The van der Waals surface area contributed by atoms with Crippen molar-refractivity contribution >= 4 is 32.4 Å². The second kappa shape index (κ2) is 3.54. The first-order valence-corrected chi connectivity index (χ1v) is 6.09. The fourth-order valence-corrected chi connectivity index (χ4v) is 2.65. The van der Waals surface area contributed by atoms with E-state index >= 15 is 0 Å². The first kappa shape index (κ1) is 9.60. The first-order chi connectivity index (χ1) is 8.93. The van der Waals surface area contributed by atoms with Crippen molar-refractivity contribution in [1.29, 1.82) is 0 Å². The quantitative estimate of drug-likeness (QED) is 0.431. The molecule has 0 spiro atoms. The Bertz CT molecular complexity index is 878. The predicted octanol–water partition coefficient (Wildman–Crippen LogP) is 4.54. The Morgan fingerprint density at radius 1 is 0.611 bits per heavy atom. The van der Waals surface area contributed by atoms with Crippen LogP contribution in [0.25, 0.3) is 32.4 Å². The molecule has 0 atom stereocenters. The van der Waals surface area contributed by atoms with Gasteiger partial charge >= 0.3 is 0 Å². The topological polar surface area (TPSA) is 12.9 Å². The van der Waals surface area contributed by atoms with Crippen LogP contribution in [0.5, 0.6) is 0 Å². The summed E-state index contributed by atoms with van der Waals surface area (Å²) in [5.41, 5.74) is 1.04. The minimum atomic E-state index is 1.04. The average Bonchev–Trinajstić information content (AvgIpc) is 2.62. The van der Waals surface area contributed by atoms with Gasteiger partial charge in [0.25, 0.3) is 0 Å². The highest BCUT2D eigenvalue weighted by Gasteiger charge is 2.05. The molecular weight excluding hydrogens is 218 g/mol. The zero-order valence-corrected chi connectivity index (χ0v) is 9.80. The highest BCUT2D eigenvalue weighted by molar-refractivity contribution is 6.20. The van der Waals surface area contributed by atoms with Crippen molar-refractivity contribution < 1.29 is 0 Å². The molecule has 0 bridgehead atoms. The lowest BCUT2D eigenvalue weighted by Crippen LogP contribution is -1.72. The van der Waals surface area contributed by atoms with E-state index in [2.05, 4.69) is 53.5 Å². The van der Waals surface area contributed by atoms with E-state index in [0.717, 1.165) is 5.52 Å². The molecule has 0 N–H and O–H groups in total. The molecule has 0 saturated heterocycles. The van der Waals surface area contributed by atoms with E-state index in [0.29, 0.717) is 0 Å². The molecule has 18 heavy (non-hydrogen) atoms. The van der Waals surface area contributed by atoms with Crippen molar-refractivity contribution in [3.05, 3.63) is 66.9 Å². The van der Waals surface area contributed by atoms with Gasteiger partial charge in [-0.2, -0.15) is 0 Å². The smallest absolute Gasteiger partial charge is 0.0708 e. The number of benzene rings is 2. The van der Waals surface area contributed by atoms with Crippen LogP contribution in [0.4, 0.5) is 0 Å². The lowest BCUT2D eigenvalue weighted by molar-refractivity contribution is 1.45. The summed E-state index contributed by atoms with van der Waals surface area (Å²) >= 11 is 0. The SMILES string of the molecule is c1ccc2c(ccc3c4ccccc4cc23)nc1. The van der Waals surface area contributed by atoms with Crippen LogP contribution in [0.15, 0.2) is 66.9 Å². The zero-order chi connectivity index (χ0) is 11.9. The normalized spacial score (nSPS) is 11.3. The maximum absolute atomic E-state index is 4.46. The molecule has 1 heteroatoms. The molecule has 1 aromatic heterocycles. The Labute approximate surface area is 105 Å². The molecule has 0 fully saturated rings. The molecule has 0 amide bonds. The number of nitrogens with zero attached hydrogens (tertiary/aromatic N) is 1. The number of fused-ring (bicyclic) bond motifs is 5. The number of hydrogen-bond acceptors (Lipinski definition) is 1. The Balaban J connectivity index is 2.33. The van der Waals surface area contributed by atoms with E-state index < -0.39 is 0 Å². The van der Waals surface area contributed by atoms with Crippen molar-refractivity contribution in [2.45, 2.75) is 0 Å². The second-order valence-electron chi connectivity index (χ2n) is 4.52. The van der Waals surface area contributed by atoms with Crippen LogP contribution >= 0.6 is 0 Å². The van der Waals surface area contributed by atoms with Gasteiger partial charge in [0.1, 0.15) is 0 Å². The Kier molecular flexibility index (Phi) is 1.89. The fraction of sp³-hybridized carbons (Fsp3) is 0. The van der Waals surface area contributed by atoms with Gasteiger partial charge in [-0.3, -0.25) is 4.98 Å². The van der Waals surface area contributed by atoms with E-state index in [4.69, 9.17) is 0 Å². The van der Waals surface area contributed by atoms with E-state index in [9.17, 15) is 0 Å². The maximum Gasteiger partial charge on any atom is 0.0708 e. The molecule has 1 nitrogen and oxygen atoms in total. The van der Waals surface area contributed by atoms with Gasteiger partial charge in [-0.25, -0.2) is 0 Å². The molecule has 0 aliphatic rings. The molecule has 1 heterocycles. The van der Waals surface area contributed by atoms with Crippen LogP contribution in [-0.4, -0.2) is 4.98 Å². The van der Waals surface area contributed by atoms with Crippen molar-refractivity contribution in [3.8, 4) is 0 Å². The van der Waals surface area contributed by atoms with E-state index in [1.165, 1.54) is 26.9 Å². The van der Waals surface area contributed by atoms with Gasteiger partial charge in [-0.1, -0.05) is 42.5 Å². The highest BCUT2D eigenvalue weighted by atomic mass is 14.6. The summed E-state index contributed by atoms with van der Waals surface area (Å²) in [5, 5.41) is 6.43. The van der Waals surface area contributed by atoms with Crippen molar-refractivity contribution in [2.24, 2.45) is 0 Å². The van der Waals surface area contributed by atoms with Crippen LogP contribution in [-0.2, 0) is 0 Å².